The van der Waals surface area contributed by atoms with Crippen molar-refractivity contribution < 1.29 is 4.52 Å². The molecule has 62 valence electrons. The van der Waals surface area contributed by atoms with Crippen molar-refractivity contribution >= 4 is 0 Å². The van der Waals surface area contributed by atoms with Crippen molar-refractivity contribution in [2.45, 2.75) is 26.3 Å². The van der Waals surface area contributed by atoms with E-state index in [1.165, 1.54) is 0 Å². The summed E-state index contributed by atoms with van der Waals surface area (Å²) >= 11 is 0. The fraction of sp³-hybridized carbons (Fsp3) is 0.714. The molecule has 0 spiro atoms. The minimum Gasteiger partial charge on any atom is -0.338 e. The van der Waals surface area contributed by atoms with Gasteiger partial charge in [-0.15, -0.1) is 0 Å². The van der Waals surface area contributed by atoms with Crippen LogP contribution in [0.2, 0.25) is 0 Å². The number of hydrogen-bond acceptors (Lipinski definition) is 4. The molecule has 4 nitrogen and oxygen atoms in total. The largest absolute Gasteiger partial charge is 0.338 e. The second-order valence-electron chi connectivity index (χ2n) is 2.43. The van der Waals surface area contributed by atoms with Crippen molar-refractivity contribution in [3.8, 4) is 0 Å². The molecule has 1 aromatic heterocycles. The predicted molar refractivity (Wildman–Crippen MR) is 41.1 cm³/mol. The van der Waals surface area contributed by atoms with Crippen LogP contribution in [0.4, 0.5) is 0 Å². The summed E-state index contributed by atoms with van der Waals surface area (Å²) in [6.07, 6.45) is 0.956. The number of nitrogens with one attached hydrogen (secondary N) is 1. The normalized spacial score (nSPS) is 13.4. The molecule has 11 heavy (non-hydrogen) atoms. The molecule has 0 aromatic carbocycles. The number of nitrogens with zero attached hydrogens (tertiary/aromatic N) is 2. The summed E-state index contributed by atoms with van der Waals surface area (Å²) in [6.45, 7) is 3.88. The molecule has 0 amide bonds. The average molecular weight is 155 g/mol. The smallest absolute Gasteiger partial charge is 0.243 e. The minimum atomic E-state index is 0.191. The van der Waals surface area contributed by atoms with Gasteiger partial charge in [0.05, 0.1) is 6.04 Å². The summed E-state index contributed by atoms with van der Waals surface area (Å²) in [5.41, 5.74) is 0. The van der Waals surface area contributed by atoms with E-state index in [4.69, 9.17) is 4.52 Å². The van der Waals surface area contributed by atoms with E-state index in [0.29, 0.717) is 11.7 Å². The molecule has 0 radical (unpaired) electrons. The van der Waals surface area contributed by atoms with Gasteiger partial charge in [0.2, 0.25) is 5.89 Å². The monoisotopic (exact) mass is 155 g/mol. The molecule has 0 aliphatic rings. The molecule has 0 aliphatic carbocycles. The van der Waals surface area contributed by atoms with Crippen LogP contribution in [-0.4, -0.2) is 17.2 Å². The van der Waals surface area contributed by atoms with E-state index in [9.17, 15) is 0 Å². The number of aryl methyl sites for hydroxylation is 1. The predicted octanol–water partition coefficient (Wildman–Crippen LogP) is 1.05. The van der Waals surface area contributed by atoms with E-state index in [0.717, 1.165) is 6.42 Å². The Labute approximate surface area is 66.0 Å². The Morgan fingerprint density at radius 3 is 2.73 bits per heavy atom. The molecular weight excluding hydrogens is 142 g/mol. The number of aromatic nitrogens is 2. The average Bonchev–Trinajstić information content (AvgIpc) is 2.39. The topological polar surface area (TPSA) is 51.0 Å². The molecule has 1 rings (SSSR count). The zero-order valence-corrected chi connectivity index (χ0v) is 7.09. The van der Waals surface area contributed by atoms with Gasteiger partial charge in [-0.05, 0) is 20.4 Å². The lowest BCUT2D eigenvalue weighted by Gasteiger charge is -2.06. The van der Waals surface area contributed by atoms with Gasteiger partial charge in [0, 0.05) is 0 Å². The lowest BCUT2D eigenvalue weighted by Crippen LogP contribution is -2.15. The molecule has 0 unspecified atom stereocenters. The van der Waals surface area contributed by atoms with Crippen LogP contribution in [0.25, 0.3) is 0 Å². The Bertz CT molecular complexity index is 217. The second-order valence-corrected chi connectivity index (χ2v) is 2.43. The highest BCUT2D eigenvalue weighted by atomic mass is 16.5. The van der Waals surface area contributed by atoms with Gasteiger partial charge in [0.1, 0.15) is 0 Å². The molecule has 1 aromatic rings. The van der Waals surface area contributed by atoms with Crippen molar-refractivity contribution in [1.82, 2.24) is 15.5 Å². The fourth-order valence-electron chi connectivity index (χ4n) is 0.957. The SMILES string of the molecule is CC[C@@H](NC)c1nc(C)no1. The van der Waals surface area contributed by atoms with Crippen LogP contribution >= 0.6 is 0 Å². The molecule has 1 heterocycles. The van der Waals surface area contributed by atoms with Gasteiger partial charge in [-0.3, -0.25) is 0 Å². The van der Waals surface area contributed by atoms with E-state index in [-0.39, 0.29) is 6.04 Å². The first-order chi connectivity index (χ1) is 5.27. The highest BCUT2D eigenvalue weighted by Crippen LogP contribution is 2.12. The first kappa shape index (κ1) is 8.20. The number of hydrogen-bond donors (Lipinski definition) is 1. The quantitative estimate of drug-likeness (QED) is 0.708. The maximum Gasteiger partial charge on any atom is 0.243 e. The van der Waals surface area contributed by atoms with Gasteiger partial charge in [0.25, 0.3) is 0 Å². The maximum absolute atomic E-state index is 4.98. The van der Waals surface area contributed by atoms with E-state index in [1.807, 2.05) is 14.0 Å². The van der Waals surface area contributed by atoms with Crippen molar-refractivity contribution in [2.24, 2.45) is 0 Å². The summed E-state index contributed by atoms with van der Waals surface area (Å²) in [5, 5.41) is 6.79. The van der Waals surface area contributed by atoms with Gasteiger partial charge in [0.15, 0.2) is 5.82 Å². The molecule has 1 atom stereocenters. The standard InChI is InChI=1S/C7H13N3O/c1-4-6(8-3)7-9-5(2)10-11-7/h6,8H,4H2,1-3H3/t6-/m1/s1. The summed E-state index contributed by atoms with van der Waals surface area (Å²) in [7, 11) is 1.88. The van der Waals surface area contributed by atoms with Gasteiger partial charge < -0.3 is 9.84 Å². The lowest BCUT2D eigenvalue weighted by atomic mass is 10.2. The first-order valence-corrected chi connectivity index (χ1v) is 3.75. The Hall–Kier alpha value is -0.900. The van der Waals surface area contributed by atoms with E-state index in [1.54, 1.807) is 0 Å². The van der Waals surface area contributed by atoms with E-state index < -0.39 is 0 Å². The number of rotatable bonds is 3. The molecule has 4 heteroatoms. The third-order valence-electron chi connectivity index (χ3n) is 1.60. The summed E-state index contributed by atoms with van der Waals surface area (Å²) in [5.74, 6) is 1.36. The van der Waals surface area contributed by atoms with Crippen molar-refractivity contribution in [3.63, 3.8) is 0 Å². The zero-order chi connectivity index (χ0) is 8.27. The van der Waals surface area contributed by atoms with Gasteiger partial charge in [-0.2, -0.15) is 4.98 Å². The molecular formula is C7H13N3O. The van der Waals surface area contributed by atoms with Crippen LogP contribution in [0.15, 0.2) is 4.52 Å². The molecule has 1 N–H and O–H groups in total. The lowest BCUT2D eigenvalue weighted by molar-refractivity contribution is 0.332. The van der Waals surface area contributed by atoms with Crippen molar-refractivity contribution in [1.29, 1.82) is 0 Å². The second kappa shape index (κ2) is 3.48. The Morgan fingerprint density at radius 2 is 2.36 bits per heavy atom. The van der Waals surface area contributed by atoms with Crippen LogP contribution in [0.3, 0.4) is 0 Å². The van der Waals surface area contributed by atoms with Crippen LogP contribution in [0.5, 0.6) is 0 Å². The summed E-state index contributed by atoms with van der Waals surface area (Å²) < 4.78 is 4.98. The van der Waals surface area contributed by atoms with Crippen LogP contribution in [-0.2, 0) is 0 Å². The maximum atomic E-state index is 4.98. The van der Waals surface area contributed by atoms with Crippen LogP contribution in [0.1, 0.15) is 31.1 Å². The zero-order valence-electron chi connectivity index (χ0n) is 7.09. The summed E-state index contributed by atoms with van der Waals surface area (Å²) in [4.78, 5) is 4.11. The Kier molecular flexibility index (Phi) is 2.59. The Balaban J connectivity index is 2.73. The summed E-state index contributed by atoms with van der Waals surface area (Å²) in [6, 6.07) is 0.191. The molecule has 0 fully saturated rings. The van der Waals surface area contributed by atoms with Gasteiger partial charge in [-0.25, -0.2) is 0 Å². The molecule has 0 bridgehead atoms. The van der Waals surface area contributed by atoms with Crippen molar-refractivity contribution in [2.75, 3.05) is 7.05 Å². The van der Waals surface area contributed by atoms with Crippen LogP contribution in [0, 0.1) is 6.92 Å². The molecule has 0 saturated carbocycles. The third kappa shape index (κ3) is 1.77. The van der Waals surface area contributed by atoms with Gasteiger partial charge >= 0.3 is 0 Å². The highest BCUT2D eigenvalue weighted by molar-refractivity contribution is 4.89. The molecule has 0 aliphatic heterocycles. The fourth-order valence-corrected chi connectivity index (χ4v) is 0.957. The van der Waals surface area contributed by atoms with E-state index in [2.05, 4.69) is 22.4 Å². The third-order valence-corrected chi connectivity index (χ3v) is 1.60. The highest BCUT2D eigenvalue weighted by Gasteiger charge is 2.12. The van der Waals surface area contributed by atoms with Crippen molar-refractivity contribution in [3.05, 3.63) is 11.7 Å². The Morgan fingerprint density at radius 1 is 1.64 bits per heavy atom. The minimum absolute atomic E-state index is 0.191. The first-order valence-electron chi connectivity index (χ1n) is 3.75. The molecule has 0 saturated heterocycles. The van der Waals surface area contributed by atoms with Gasteiger partial charge in [-0.1, -0.05) is 12.1 Å². The van der Waals surface area contributed by atoms with E-state index >= 15 is 0 Å². The van der Waals surface area contributed by atoms with Crippen LogP contribution < -0.4 is 5.32 Å².